The molecule has 4 unspecified atom stereocenters. The summed E-state index contributed by atoms with van der Waals surface area (Å²) in [6, 6.07) is 0. The summed E-state index contributed by atoms with van der Waals surface area (Å²) in [6.45, 7) is 0. The second kappa shape index (κ2) is 3.85. The van der Waals surface area contributed by atoms with Crippen molar-refractivity contribution < 1.29 is 34.8 Å². The van der Waals surface area contributed by atoms with Crippen molar-refractivity contribution in [3.8, 4) is 0 Å². The van der Waals surface area contributed by atoms with Crippen LogP contribution in [0, 0.1) is 17.8 Å². The number of carbonyl (C=O) groups is 3. The Morgan fingerprint density at radius 3 is 1.60 bits per heavy atom. The van der Waals surface area contributed by atoms with Crippen LogP contribution in [0.4, 0.5) is 0 Å². The number of aliphatic hydroxyl groups excluding tert-OH is 1. The molecule has 15 heavy (non-hydrogen) atoms. The minimum Gasteiger partial charge on any atom is -0.481 e. The second-order valence-electron chi connectivity index (χ2n) is 3.48. The van der Waals surface area contributed by atoms with E-state index in [1.807, 2.05) is 0 Å². The summed E-state index contributed by atoms with van der Waals surface area (Å²) in [5, 5.41) is 35.4. The third kappa shape index (κ3) is 1.91. The highest BCUT2D eigenvalue weighted by Crippen LogP contribution is 2.37. The molecule has 7 heteroatoms. The molecule has 1 aliphatic rings. The summed E-state index contributed by atoms with van der Waals surface area (Å²) < 4.78 is 0. The molecule has 0 amide bonds. The van der Waals surface area contributed by atoms with Crippen LogP contribution < -0.4 is 0 Å². The molecule has 0 aromatic carbocycles. The lowest BCUT2D eigenvalue weighted by Crippen LogP contribution is -2.34. The van der Waals surface area contributed by atoms with Crippen molar-refractivity contribution in [1.82, 2.24) is 0 Å². The van der Waals surface area contributed by atoms with Crippen molar-refractivity contribution >= 4 is 17.9 Å². The first-order valence-electron chi connectivity index (χ1n) is 4.22. The zero-order valence-corrected chi connectivity index (χ0v) is 7.53. The number of carboxylic acids is 3. The van der Waals surface area contributed by atoms with Gasteiger partial charge in [0.05, 0.1) is 23.9 Å². The van der Waals surface area contributed by atoms with Crippen molar-refractivity contribution in [3.05, 3.63) is 0 Å². The molecule has 0 aromatic rings. The van der Waals surface area contributed by atoms with Gasteiger partial charge in [0.1, 0.15) is 0 Å². The number of aliphatic hydroxyl groups is 1. The Hall–Kier alpha value is -1.63. The highest BCUT2D eigenvalue weighted by Gasteiger charge is 2.52. The van der Waals surface area contributed by atoms with Gasteiger partial charge in [0.25, 0.3) is 0 Å². The van der Waals surface area contributed by atoms with Crippen molar-refractivity contribution in [3.63, 3.8) is 0 Å². The molecule has 0 spiro atoms. The first-order valence-corrected chi connectivity index (χ1v) is 4.22. The molecule has 1 aliphatic carbocycles. The Kier molecular flexibility index (Phi) is 2.94. The van der Waals surface area contributed by atoms with E-state index in [-0.39, 0.29) is 6.42 Å². The average Bonchev–Trinajstić information content (AvgIpc) is 2.42. The van der Waals surface area contributed by atoms with E-state index in [9.17, 15) is 19.5 Å². The standard InChI is InChI=1S/C8H10O7/c9-5-3(7(12)13)1-2(6(10)11)4(5)8(14)15/h2-5,9H,1H2,(H,10,11)(H,12,13)(H,14,15). The minimum atomic E-state index is -1.65. The predicted octanol–water partition coefficient (Wildman–Crippen LogP) is -1.15. The fraction of sp³-hybridized carbons (Fsp3) is 0.625. The van der Waals surface area contributed by atoms with Crippen molar-refractivity contribution in [2.75, 3.05) is 0 Å². The Morgan fingerprint density at radius 1 is 0.867 bits per heavy atom. The highest BCUT2D eigenvalue weighted by molar-refractivity contribution is 5.84. The Bertz CT molecular complexity index is 310. The van der Waals surface area contributed by atoms with Gasteiger partial charge in [-0.1, -0.05) is 0 Å². The van der Waals surface area contributed by atoms with E-state index in [1.165, 1.54) is 0 Å². The van der Waals surface area contributed by atoms with E-state index in [2.05, 4.69) is 0 Å². The Labute approximate surface area is 83.9 Å². The van der Waals surface area contributed by atoms with E-state index in [4.69, 9.17) is 15.3 Å². The molecule has 4 atom stereocenters. The molecular formula is C8H10O7. The van der Waals surface area contributed by atoms with Gasteiger partial charge < -0.3 is 20.4 Å². The van der Waals surface area contributed by atoms with Gasteiger partial charge in [-0.15, -0.1) is 0 Å². The maximum absolute atomic E-state index is 10.7. The summed E-state index contributed by atoms with van der Waals surface area (Å²) >= 11 is 0. The van der Waals surface area contributed by atoms with Gasteiger partial charge >= 0.3 is 17.9 Å². The first-order chi connectivity index (χ1) is 6.86. The Balaban J connectivity index is 2.97. The zero-order valence-electron chi connectivity index (χ0n) is 7.53. The minimum absolute atomic E-state index is 0.358. The summed E-state index contributed by atoms with van der Waals surface area (Å²) in [7, 11) is 0. The maximum atomic E-state index is 10.7. The van der Waals surface area contributed by atoms with Gasteiger partial charge in [-0.25, -0.2) is 0 Å². The molecule has 7 nitrogen and oxygen atoms in total. The van der Waals surface area contributed by atoms with Gasteiger partial charge in [0, 0.05) is 0 Å². The lowest BCUT2D eigenvalue weighted by Gasteiger charge is -2.14. The molecule has 1 fully saturated rings. The average molecular weight is 218 g/mol. The molecule has 0 saturated heterocycles. The number of hydrogen-bond acceptors (Lipinski definition) is 4. The molecule has 1 saturated carbocycles. The van der Waals surface area contributed by atoms with Gasteiger partial charge in [0.2, 0.25) is 0 Å². The third-order valence-electron chi connectivity index (χ3n) is 2.64. The van der Waals surface area contributed by atoms with E-state index in [0.29, 0.717) is 0 Å². The topological polar surface area (TPSA) is 132 Å². The highest BCUT2D eigenvalue weighted by atomic mass is 16.4. The van der Waals surface area contributed by atoms with Gasteiger partial charge in [0.15, 0.2) is 0 Å². The Morgan fingerprint density at radius 2 is 1.33 bits per heavy atom. The summed E-state index contributed by atoms with van der Waals surface area (Å²) in [5.74, 6) is -8.49. The van der Waals surface area contributed by atoms with Crippen LogP contribution in [0.25, 0.3) is 0 Å². The fourth-order valence-corrected chi connectivity index (χ4v) is 1.87. The number of carboxylic acid groups (broad SMARTS) is 3. The monoisotopic (exact) mass is 218 g/mol. The molecule has 0 radical (unpaired) electrons. The van der Waals surface area contributed by atoms with Crippen molar-refractivity contribution in [2.45, 2.75) is 12.5 Å². The molecule has 0 bridgehead atoms. The van der Waals surface area contributed by atoms with Crippen LogP contribution in [-0.4, -0.2) is 44.4 Å². The molecular weight excluding hydrogens is 208 g/mol. The quantitative estimate of drug-likeness (QED) is 0.470. The zero-order chi connectivity index (χ0) is 11.7. The second-order valence-corrected chi connectivity index (χ2v) is 3.48. The largest absolute Gasteiger partial charge is 0.481 e. The normalized spacial score (nSPS) is 35.0. The van der Waals surface area contributed by atoms with Crippen LogP contribution in [0.5, 0.6) is 0 Å². The smallest absolute Gasteiger partial charge is 0.310 e. The number of aliphatic carboxylic acids is 3. The van der Waals surface area contributed by atoms with E-state index >= 15 is 0 Å². The molecule has 4 N–H and O–H groups in total. The third-order valence-corrected chi connectivity index (χ3v) is 2.64. The van der Waals surface area contributed by atoms with Gasteiger partial charge in [-0.2, -0.15) is 0 Å². The maximum Gasteiger partial charge on any atom is 0.310 e. The number of hydrogen-bond donors (Lipinski definition) is 4. The summed E-state index contributed by atoms with van der Waals surface area (Å²) in [4.78, 5) is 31.9. The molecule has 0 aromatic heterocycles. The van der Waals surface area contributed by atoms with Gasteiger partial charge in [-0.05, 0) is 6.42 Å². The molecule has 1 rings (SSSR count). The van der Waals surface area contributed by atoms with Crippen LogP contribution >= 0.6 is 0 Å². The van der Waals surface area contributed by atoms with Gasteiger partial charge in [-0.3, -0.25) is 14.4 Å². The predicted molar refractivity (Wildman–Crippen MR) is 44.0 cm³/mol. The first kappa shape index (κ1) is 11.4. The van der Waals surface area contributed by atoms with Crippen LogP contribution in [-0.2, 0) is 14.4 Å². The fourth-order valence-electron chi connectivity index (χ4n) is 1.87. The molecule has 0 heterocycles. The lowest BCUT2D eigenvalue weighted by molar-refractivity contribution is -0.156. The molecule has 84 valence electrons. The number of rotatable bonds is 3. The summed E-state index contributed by atoms with van der Waals surface area (Å²) in [6.07, 6.45) is -2.01. The van der Waals surface area contributed by atoms with Crippen molar-refractivity contribution in [1.29, 1.82) is 0 Å². The van der Waals surface area contributed by atoms with Crippen LogP contribution in [0.2, 0.25) is 0 Å². The summed E-state index contributed by atoms with van der Waals surface area (Å²) in [5.41, 5.74) is 0. The van der Waals surface area contributed by atoms with E-state index in [1.54, 1.807) is 0 Å². The SMILES string of the molecule is O=C(O)C1CC(C(=O)O)C(C(=O)O)C1O. The van der Waals surface area contributed by atoms with Crippen LogP contribution in [0.3, 0.4) is 0 Å². The lowest BCUT2D eigenvalue weighted by atomic mass is 9.95. The van der Waals surface area contributed by atoms with Crippen molar-refractivity contribution in [2.24, 2.45) is 17.8 Å². The van der Waals surface area contributed by atoms with E-state index in [0.717, 1.165) is 0 Å². The van der Waals surface area contributed by atoms with Crippen LogP contribution in [0.1, 0.15) is 6.42 Å². The van der Waals surface area contributed by atoms with E-state index < -0.39 is 41.8 Å². The molecule has 0 aliphatic heterocycles. The van der Waals surface area contributed by atoms with Crippen LogP contribution in [0.15, 0.2) is 0 Å².